The summed E-state index contributed by atoms with van der Waals surface area (Å²) >= 11 is 7.30. The number of nitrogens with zero attached hydrogens (tertiary/aromatic N) is 2. The van der Waals surface area contributed by atoms with Crippen LogP contribution in [0.4, 0.5) is 9.93 Å². The molecule has 2 amide bonds. The molecule has 1 aromatic heterocycles. The average Bonchev–Trinajstić information content (AvgIpc) is 3.02. The van der Waals surface area contributed by atoms with Crippen molar-refractivity contribution in [3.05, 3.63) is 41.0 Å². The van der Waals surface area contributed by atoms with E-state index in [1.807, 2.05) is 24.3 Å². The zero-order valence-electron chi connectivity index (χ0n) is 12.5. The van der Waals surface area contributed by atoms with Gasteiger partial charge in [-0.2, -0.15) is 0 Å². The maximum absolute atomic E-state index is 12.4. The van der Waals surface area contributed by atoms with Crippen molar-refractivity contribution < 1.29 is 14.3 Å². The Bertz CT molecular complexity index is 694. The van der Waals surface area contributed by atoms with Gasteiger partial charge in [-0.3, -0.25) is 5.32 Å². The molecule has 1 aliphatic heterocycles. The van der Waals surface area contributed by atoms with Crippen LogP contribution in [0.5, 0.6) is 5.06 Å². The van der Waals surface area contributed by atoms with Gasteiger partial charge in [-0.25, -0.2) is 9.78 Å². The van der Waals surface area contributed by atoms with E-state index in [1.165, 1.54) is 11.3 Å². The largest absolute Gasteiger partial charge is 0.486 e. The summed E-state index contributed by atoms with van der Waals surface area (Å²) in [6, 6.07) is 7.30. The van der Waals surface area contributed by atoms with Gasteiger partial charge < -0.3 is 14.4 Å². The number of hydrogen-bond donors (Lipinski definition) is 1. The Morgan fingerprint density at radius 1 is 1.57 bits per heavy atom. The Labute approximate surface area is 143 Å². The maximum Gasteiger partial charge on any atom is 0.323 e. The van der Waals surface area contributed by atoms with Gasteiger partial charge in [-0.15, -0.1) is 0 Å². The molecule has 23 heavy (non-hydrogen) atoms. The first-order chi connectivity index (χ1) is 11.2. The minimum absolute atomic E-state index is 0.181. The molecule has 1 unspecified atom stereocenters. The molecule has 6 nitrogen and oxygen atoms in total. The Hall–Kier alpha value is -1.83. The van der Waals surface area contributed by atoms with E-state index in [4.69, 9.17) is 21.1 Å². The molecule has 3 rings (SSSR count). The van der Waals surface area contributed by atoms with Crippen LogP contribution in [0.1, 0.15) is 11.7 Å². The van der Waals surface area contributed by atoms with Gasteiger partial charge in [0.05, 0.1) is 26.5 Å². The SMILES string of the molecule is COc1cnc(NC(=O)N2CCOC(c3cccc(Cl)c3)C2)s1. The quantitative estimate of drug-likeness (QED) is 0.918. The molecule has 2 aromatic rings. The van der Waals surface area contributed by atoms with E-state index in [9.17, 15) is 4.79 Å². The van der Waals surface area contributed by atoms with Gasteiger partial charge in [-0.1, -0.05) is 35.1 Å². The second-order valence-electron chi connectivity index (χ2n) is 4.98. The van der Waals surface area contributed by atoms with E-state index in [1.54, 1.807) is 18.2 Å². The van der Waals surface area contributed by atoms with Crippen molar-refractivity contribution in [1.29, 1.82) is 0 Å². The second kappa shape index (κ2) is 7.16. The summed E-state index contributed by atoms with van der Waals surface area (Å²) in [6.45, 7) is 1.48. The van der Waals surface area contributed by atoms with Crippen molar-refractivity contribution in [2.45, 2.75) is 6.10 Å². The Kier molecular flexibility index (Phi) is 5.00. The molecule has 0 saturated carbocycles. The van der Waals surface area contributed by atoms with E-state index in [0.717, 1.165) is 5.56 Å². The van der Waals surface area contributed by atoms with Gasteiger partial charge in [0.25, 0.3) is 0 Å². The number of hydrogen-bond acceptors (Lipinski definition) is 5. The van der Waals surface area contributed by atoms with E-state index >= 15 is 0 Å². The molecule has 0 spiro atoms. The van der Waals surface area contributed by atoms with E-state index in [2.05, 4.69) is 10.3 Å². The first-order valence-electron chi connectivity index (χ1n) is 7.08. The molecule has 1 atom stereocenters. The van der Waals surface area contributed by atoms with Crippen LogP contribution in [-0.2, 0) is 4.74 Å². The van der Waals surface area contributed by atoms with Gasteiger partial charge in [0, 0.05) is 11.6 Å². The van der Waals surface area contributed by atoms with E-state index in [0.29, 0.717) is 34.9 Å². The smallest absolute Gasteiger partial charge is 0.323 e. The number of morpholine rings is 1. The first kappa shape index (κ1) is 16.0. The molecule has 1 saturated heterocycles. The van der Waals surface area contributed by atoms with Gasteiger partial charge in [0.2, 0.25) is 0 Å². The number of methoxy groups -OCH3 is 1. The fourth-order valence-corrected chi connectivity index (χ4v) is 3.15. The van der Waals surface area contributed by atoms with Gasteiger partial charge in [0.15, 0.2) is 10.2 Å². The summed E-state index contributed by atoms with van der Waals surface area (Å²) in [5.41, 5.74) is 0.964. The van der Waals surface area contributed by atoms with Crippen LogP contribution in [0, 0.1) is 0 Å². The number of benzene rings is 1. The number of carbonyl (C=O) groups is 1. The molecule has 0 bridgehead atoms. The topological polar surface area (TPSA) is 63.7 Å². The van der Waals surface area contributed by atoms with Crippen LogP contribution in [0.2, 0.25) is 5.02 Å². The van der Waals surface area contributed by atoms with Crippen LogP contribution in [0.15, 0.2) is 30.5 Å². The Morgan fingerprint density at radius 3 is 3.17 bits per heavy atom. The minimum Gasteiger partial charge on any atom is -0.486 e. The van der Waals surface area contributed by atoms with Crippen molar-refractivity contribution in [1.82, 2.24) is 9.88 Å². The Morgan fingerprint density at radius 2 is 2.43 bits per heavy atom. The average molecular weight is 354 g/mol. The van der Waals surface area contributed by atoms with Crippen LogP contribution in [-0.4, -0.2) is 42.7 Å². The first-order valence-corrected chi connectivity index (χ1v) is 8.28. The highest BCUT2D eigenvalue weighted by molar-refractivity contribution is 7.17. The molecule has 1 aromatic carbocycles. The molecule has 1 aliphatic rings. The maximum atomic E-state index is 12.4. The molecule has 0 radical (unpaired) electrons. The lowest BCUT2D eigenvalue weighted by molar-refractivity contribution is -0.0135. The normalized spacial score (nSPS) is 17.8. The molecule has 8 heteroatoms. The van der Waals surface area contributed by atoms with Gasteiger partial charge in [-0.05, 0) is 17.7 Å². The number of amides is 2. The predicted molar refractivity (Wildman–Crippen MR) is 89.4 cm³/mol. The third-order valence-electron chi connectivity index (χ3n) is 3.47. The number of thiazole rings is 1. The third kappa shape index (κ3) is 3.93. The summed E-state index contributed by atoms with van der Waals surface area (Å²) in [6.07, 6.45) is 1.40. The number of nitrogens with one attached hydrogen (secondary N) is 1. The summed E-state index contributed by atoms with van der Waals surface area (Å²) in [5.74, 6) is 0. The van der Waals surface area contributed by atoms with Crippen LogP contribution >= 0.6 is 22.9 Å². The molecular formula is C15H16ClN3O3S. The second-order valence-corrected chi connectivity index (χ2v) is 6.41. The molecular weight excluding hydrogens is 338 g/mol. The highest BCUT2D eigenvalue weighted by atomic mass is 35.5. The number of ether oxygens (including phenoxy) is 2. The zero-order valence-corrected chi connectivity index (χ0v) is 14.1. The van der Waals surface area contributed by atoms with Gasteiger partial charge >= 0.3 is 6.03 Å². The number of aromatic nitrogens is 1. The van der Waals surface area contributed by atoms with Gasteiger partial charge in [0.1, 0.15) is 6.10 Å². The summed E-state index contributed by atoms with van der Waals surface area (Å²) in [4.78, 5) is 18.2. The molecule has 122 valence electrons. The zero-order chi connectivity index (χ0) is 16.2. The number of anilines is 1. The molecule has 1 fully saturated rings. The number of carbonyl (C=O) groups excluding carboxylic acids is 1. The van der Waals surface area contributed by atoms with Crippen molar-refractivity contribution in [3.8, 4) is 5.06 Å². The van der Waals surface area contributed by atoms with Crippen LogP contribution < -0.4 is 10.1 Å². The summed E-state index contributed by atoms with van der Waals surface area (Å²) in [7, 11) is 1.57. The number of rotatable bonds is 3. The van der Waals surface area contributed by atoms with E-state index in [-0.39, 0.29) is 12.1 Å². The summed E-state index contributed by atoms with van der Waals surface area (Å²) < 4.78 is 10.8. The Balaban J connectivity index is 1.64. The highest BCUT2D eigenvalue weighted by Gasteiger charge is 2.26. The predicted octanol–water partition coefficient (Wildman–Crippen LogP) is 3.41. The van der Waals surface area contributed by atoms with Crippen LogP contribution in [0.25, 0.3) is 0 Å². The monoisotopic (exact) mass is 353 g/mol. The van der Waals surface area contributed by atoms with Crippen molar-refractivity contribution in [3.63, 3.8) is 0 Å². The lowest BCUT2D eigenvalue weighted by Crippen LogP contribution is -2.44. The highest BCUT2D eigenvalue weighted by Crippen LogP contribution is 2.27. The number of urea groups is 1. The third-order valence-corrected chi connectivity index (χ3v) is 4.58. The number of halogens is 1. The summed E-state index contributed by atoms with van der Waals surface area (Å²) in [5, 5.41) is 4.60. The minimum atomic E-state index is -0.197. The molecule has 0 aliphatic carbocycles. The fraction of sp³-hybridized carbons (Fsp3) is 0.333. The van der Waals surface area contributed by atoms with Crippen LogP contribution in [0.3, 0.4) is 0 Å². The fourth-order valence-electron chi connectivity index (χ4n) is 2.32. The standard InChI is InChI=1S/C15H16ClN3O3S/c1-21-13-8-17-14(23-13)18-15(20)19-5-6-22-12(9-19)10-3-2-4-11(16)7-10/h2-4,7-8,12H,5-6,9H2,1H3,(H,17,18,20). The lowest BCUT2D eigenvalue weighted by atomic mass is 10.1. The molecule has 1 N–H and O–H groups in total. The van der Waals surface area contributed by atoms with E-state index < -0.39 is 0 Å². The van der Waals surface area contributed by atoms with Crippen molar-refractivity contribution in [2.24, 2.45) is 0 Å². The lowest BCUT2D eigenvalue weighted by Gasteiger charge is -2.33. The van der Waals surface area contributed by atoms with Crippen molar-refractivity contribution >= 4 is 34.1 Å². The molecule has 2 heterocycles. The van der Waals surface area contributed by atoms with Crippen molar-refractivity contribution in [2.75, 3.05) is 32.1 Å².